The van der Waals surface area contributed by atoms with E-state index in [-0.39, 0.29) is 0 Å². The first kappa shape index (κ1) is 5.04. The molecule has 0 amide bonds. The summed E-state index contributed by atoms with van der Waals surface area (Å²) in [4.78, 5) is 0. The summed E-state index contributed by atoms with van der Waals surface area (Å²) in [7, 11) is 0. The predicted molar refractivity (Wildman–Crippen MR) is 42.5 cm³/mol. The molecule has 0 nitrogen and oxygen atoms in total. The second kappa shape index (κ2) is 7.22. The summed E-state index contributed by atoms with van der Waals surface area (Å²) in [6.45, 7) is 3.50. The largest absolute Gasteiger partial charge is 0.103 e. The van der Waals surface area contributed by atoms with Crippen LogP contribution in [0.15, 0.2) is 12.7 Å². The van der Waals surface area contributed by atoms with Gasteiger partial charge in [0.1, 0.15) is 0 Å². The second-order valence-electron chi connectivity index (χ2n) is 1.54. The van der Waals surface area contributed by atoms with Crippen LogP contribution in [-0.2, 0) is 0 Å². The fourth-order valence-electron chi connectivity index (χ4n) is 0.396. The smallest absolute Gasteiger partial charge is 0.0270 e. The highest BCUT2D eigenvalue weighted by molar-refractivity contribution is 9.09. The standard InChI is InChI=1S/C7H13Br/c1-2-3-4-5-6-7-8/h2H,1,3-7H2/i4D2. The molecular formula is C7H13Br. The molecule has 0 aromatic carbocycles. The van der Waals surface area contributed by atoms with Crippen molar-refractivity contribution in [2.45, 2.75) is 25.6 Å². The molecule has 8 heavy (non-hydrogen) atoms. The molecule has 0 bridgehead atoms. The molecule has 0 radical (unpaired) electrons. The highest BCUT2D eigenvalue weighted by Gasteiger charge is 1.82. The van der Waals surface area contributed by atoms with Gasteiger partial charge in [-0.1, -0.05) is 28.4 Å². The van der Waals surface area contributed by atoms with Crippen LogP contribution in [0.4, 0.5) is 0 Å². The molecule has 0 fully saturated rings. The monoisotopic (exact) mass is 178 g/mol. The van der Waals surface area contributed by atoms with Crippen molar-refractivity contribution >= 4 is 15.9 Å². The van der Waals surface area contributed by atoms with E-state index in [9.17, 15) is 0 Å². The summed E-state index contributed by atoms with van der Waals surface area (Å²) in [6, 6.07) is 0. The van der Waals surface area contributed by atoms with E-state index < -0.39 is 6.37 Å². The van der Waals surface area contributed by atoms with Crippen LogP contribution in [0.2, 0.25) is 0 Å². The van der Waals surface area contributed by atoms with Crippen LogP contribution in [0, 0.1) is 0 Å². The van der Waals surface area contributed by atoms with Gasteiger partial charge < -0.3 is 0 Å². The van der Waals surface area contributed by atoms with Gasteiger partial charge in [0.2, 0.25) is 0 Å². The average Bonchev–Trinajstić information content (AvgIpc) is 1.84. The predicted octanol–water partition coefficient (Wildman–Crippen LogP) is 3.13. The third kappa shape index (κ3) is 6.22. The fourth-order valence-corrected chi connectivity index (χ4v) is 0.676. The van der Waals surface area contributed by atoms with Crippen molar-refractivity contribution in [1.82, 2.24) is 0 Å². The minimum atomic E-state index is -1.05. The Morgan fingerprint density at radius 3 is 2.88 bits per heavy atom. The number of alkyl halides is 1. The van der Waals surface area contributed by atoms with Crippen LogP contribution in [0.5, 0.6) is 0 Å². The third-order valence-electron chi connectivity index (χ3n) is 0.776. The molecule has 48 valence electrons. The summed E-state index contributed by atoms with van der Waals surface area (Å²) >= 11 is 3.26. The Morgan fingerprint density at radius 1 is 1.62 bits per heavy atom. The summed E-state index contributed by atoms with van der Waals surface area (Å²) in [5.74, 6) is 0. The normalized spacial score (nSPS) is 14.6. The van der Waals surface area contributed by atoms with E-state index in [2.05, 4.69) is 22.5 Å². The molecule has 0 atom stereocenters. The zero-order valence-corrected chi connectivity index (χ0v) is 6.58. The lowest BCUT2D eigenvalue weighted by Gasteiger charge is -1.90. The molecule has 0 spiro atoms. The molecule has 0 saturated carbocycles. The molecule has 0 rings (SSSR count). The van der Waals surface area contributed by atoms with Gasteiger partial charge in [-0.15, -0.1) is 6.58 Å². The molecule has 0 saturated heterocycles. The molecule has 0 aliphatic rings. The van der Waals surface area contributed by atoms with Crippen molar-refractivity contribution < 1.29 is 2.74 Å². The molecular weight excluding hydrogens is 164 g/mol. The Hall–Kier alpha value is 0.220. The molecule has 0 aliphatic carbocycles. The first-order valence-electron chi connectivity index (χ1n) is 3.79. The number of halogens is 1. The summed E-state index contributed by atoms with van der Waals surface area (Å²) in [5, 5.41) is 0.879. The second-order valence-corrected chi connectivity index (χ2v) is 2.33. The van der Waals surface area contributed by atoms with Crippen LogP contribution in [0.25, 0.3) is 0 Å². The van der Waals surface area contributed by atoms with E-state index in [0.29, 0.717) is 12.8 Å². The number of hydrogen-bond donors (Lipinski definition) is 0. The van der Waals surface area contributed by atoms with Gasteiger partial charge in [0.15, 0.2) is 0 Å². The minimum Gasteiger partial charge on any atom is -0.103 e. The maximum Gasteiger partial charge on any atom is 0.0270 e. The molecule has 0 N–H and O–H groups in total. The van der Waals surface area contributed by atoms with Gasteiger partial charge in [-0.2, -0.15) is 0 Å². The van der Waals surface area contributed by atoms with Crippen molar-refractivity contribution in [3.63, 3.8) is 0 Å². The molecule has 1 heteroatoms. The Morgan fingerprint density at radius 2 is 2.38 bits per heavy atom. The number of rotatable bonds is 5. The SMILES string of the molecule is [2H]C([2H])(CC=C)CCCBr. The van der Waals surface area contributed by atoms with E-state index in [1.165, 1.54) is 0 Å². The Bertz CT molecular complexity index is 102. The van der Waals surface area contributed by atoms with Crippen molar-refractivity contribution in [2.75, 3.05) is 5.33 Å². The molecule has 0 aromatic rings. The first-order chi connectivity index (χ1) is 4.62. The van der Waals surface area contributed by atoms with Crippen molar-refractivity contribution in [3.05, 3.63) is 12.7 Å². The maximum absolute atomic E-state index is 7.40. The summed E-state index contributed by atoms with van der Waals surface area (Å²) in [5.41, 5.74) is 0. The van der Waals surface area contributed by atoms with Crippen LogP contribution in [-0.4, -0.2) is 5.33 Å². The van der Waals surface area contributed by atoms with Gasteiger partial charge in [-0.25, -0.2) is 0 Å². The molecule has 0 heterocycles. The Labute approximate surface area is 62.9 Å². The molecule has 0 unspecified atom stereocenters. The maximum atomic E-state index is 7.40. The van der Waals surface area contributed by atoms with Crippen LogP contribution < -0.4 is 0 Å². The van der Waals surface area contributed by atoms with E-state index in [1.807, 2.05) is 0 Å². The molecule has 0 aliphatic heterocycles. The van der Waals surface area contributed by atoms with Crippen LogP contribution in [0.1, 0.15) is 28.4 Å². The van der Waals surface area contributed by atoms with Gasteiger partial charge in [0.25, 0.3) is 0 Å². The zero-order valence-electron chi connectivity index (χ0n) is 6.99. The van der Waals surface area contributed by atoms with E-state index >= 15 is 0 Å². The lowest BCUT2D eigenvalue weighted by molar-refractivity contribution is 0.737. The highest BCUT2D eigenvalue weighted by Crippen LogP contribution is 2.01. The fraction of sp³-hybridized carbons (Fsp3) is 0.714. The van der Waals surface area contributed by atoms with Gasteiger partial charge in [0, 0.05) is 8.07 Å². The lowest BCUT2D eigenvalue weighted by Crippen LogP contribution is -1.74. The van der Waals surface area contributed by atoms with Crippen LogP contribution >= 0.6 is 15.9 Å². The van der Waals surface area contributed by atoms with Crippen molar-refractivity contribution in [1.29, 1.82) is 0 Å². The minimum absolute atomic E-state index is 0.458. The van der Waals surface area contributed by atoms with Gasteiger partial charge in [0.05, 0.1) is 0 Å². The number of allylic oxidation sites excluding steroid dienone is 1. The summed E-state index contributed by atoms with van der Waals surface area (Å²) in [6.07, 6.45) is 2.55. The van der Waals surface area contributed by atoms with Gasteiger partial charge in [-0.3, -0.25) is 0 Å². The topological polar surface area (TPSA) is 0 Å². The third-order valence-corrected chi connectivity index (χ3v) is 1.34. The lowest BCUT2D eigenvalue weighted by atomic mass is 10.2. The van der Waals surface area contributed by atoms with Gasteiger partial charge in [-0.05, 0) is 19.2 Å². The summed E-state index contributed by atoms with van der Waals surface area (Å²) < 4.78 is 14.8. The van der Waals surface area contributed by atoms with E-state index in [0.717, 1.165) is 11.8 Å². The van der Waals surface area contributed by atoms with Crippen molar-refractivity contribution in [3.8, 4) is 0 Å². The van der Waals surface area contributed by atoms with Gasteiger partial charge >= 0.3 is 0 Å². The highest BCUT2D eigenvalue weighted by atomic mass is 79.9. The Balaban J connectivity index is 3.51. The van der Waals surface area contributed by atoms with E-state index in [1.54, 1.807) is 6.08 Å². The number of hydrogen-bond acceptors (Lipinski definition) is 0. The quantitative estimate of drug-likeness (QED) is 0.449. The first-order valence-corrected chi connectivity index (χ1v) is 3.91. The zero-order chi connectivity index (χ0) is 8.04. The van der Waals surface area contributed by atoms with Crippen molar-refractivity contribution in [2.24, 2.45) is 0 Å². The molecule has 0 aromatic heterocycles. The Kier molecular flexibility index (Phi) is 4.55. The van der Waals surface area contributed by atoms with E-state index in [4.69, 9.17) is 2.74 Å². The van der Waals surface area contributed by atoms with Crippen LogP contribution in [0.3, 0.4) is 0 Å². The average molecular weight is 179 g/mol.